The Labute approximate surface area is 152 Å². The van der Waals surface area contributed by atoms with Crippen LogP contribution in [0.4, 0.5) is 4.39 Å². The van der Waals surface area contributed by atoms with E-state index in [9.17, 15) is 9.18 Å². The zero-order chi connectivity index (χ0) is 17.8. The summed E-state index contributed by atoms with van der Waals surface area (Å²) in [5.74, 6) is -0.404. The van der Waals surface area contributed by atoms with Crippen LogP contribution in [0.1, 0.15) is 35.7 Å². The molecule has 0 saturated carbocycles. The van der Waals surface area contributed by atoms with Gasteiger partial charge in [-0.15, -0.1) is 0 Å². The fourth-order valence-corrected chi connectivity index (χ4v) is 3.15. The van der Waals surface area contributed by atoms with E-state index in [1.54, 1.807) is 12.1 Å². The Morgan fingerprint density at radius 1 is 1.20 bits per heavy atom. The van der Waals surface area contributed by atoms with E-state index in [1.807, 2.05) is 24.3 Å². The molecule has 0 N–H and O–H groups in total. The van der Waals surface area contributed by atoms with Crippen LogP contribution < -0.4 is 4.74 Å². The van der Waals surface area contributed by atoms with Crippen molar-refractivity contribution in [2.75, 3.05) is 13.1 Å². The molecule has 1 fully saturated rings. The molecule has 0 aromatic heterocycles. The predicted octanol–water partition coefficient (Wildman–Crippen LogP) is 4.73. The van der Waals surface area contributed by atoms with Crippen molar-refractivity contribution in [3.05, 3.63) is 64.4 Å². The van der Waals surface area contributed by atoms with Crippen molar-refractivity contribution in [1.29, 1.82) is 0 Å². The summed E-state index contributed by atoms with van der Waals surface area (Å²) in [5.41, 5.74) is 1.59. The quantitative estimate of drug-likeness (QED) is 0.721. The Morgan fingerprint density at radius 3 is 2.48 bits per heavy atom. The average molecular weight is 362 g/mol. The maximum absolute atomic E-state index is 14.1. The number of rotatable bonds is 5. The van der Waals surface area contributed by atoms with Gasteiger partial charge >= 0.3 is 0 Å². The highest BCUT2D eigenvalue weighted by Crippen LogP contribution is 2.24. The lowest BCUT2D eigenvalue weighted by Gasteiger charge is -2.32. The SMILES string of the molecule is CC(=O)c1ccc(OC2CCN(Cc3ccc(Cl)cc3)CC2)c(F)c1. The number of hydrogen-bond donors (Lipinski definition) is 0. The van der Waals surface area contributed by atoms with Gasteiger partial charge in [0.2, 0.25) is 0 Å². The second-order valence-corrected chi connectivity index (χ2v) is 6.86. The molecule has 5 heteroatoms. The zero-order valence-electron chi connectivity index (χ0n) is 14.2. The second-order valence-electron chi connectivity index (χ2n) is 6.42. The third-order valence-electron chi connectivity index (χ3n) is 4.49. The number of piperidine rings is 1. The molecule has 3 nitrogen and oxygen atoms in total. The van der Waals surface area contributed by atoms with Crippen LogP contribution in [0.25, 0.3) is 0 Å². The van der Waals surface area contributed by atoms with Gasteiger partial charge in [0.05, 0.1) is 0 Å². The van der Waals surface area contributed by atoms with Gasteiger partial charge in [0, 0.05) is 30.2 Å². The van der Waals surface area contributed by atoms with Crippen molar-refractivity contribution in [2.24, 2.45) is 0 Å². The molecule has 0 spiro atoms. The highest BCUT2D eigenvalue weighted by molar-refractivity contribution is 6.30. The Hall–Kier alpha value is -1.91. The van der Waals surface area contributed by atoms with Gasteiger partial charge in [-0.2, -0.15) is 0 Å². The van der Waals surface area contributed by atoms with Crippen LogP contribution in [-0.2, 0) is 6.54 Å². The van der Waals surface area contributed by atoms with Gasteiger partial charge in [-0.05, 0) is 55.7 Å². The van der Waals surface area contributed by atoms with Crippen LogP contribution in [0.5, 0.6) is 5.75 Å². The molecule has 0 bridgehead atoms. The largest absolute Gasteiger partial charge is 0.487 e. The first-order chi connectivity index (χ1) is 12.0. The molecule has 0 aliphatic carbocycles. The first-order valence-corrected chi connectivity index (χ1v) is 8.83. The van der Waals surface area contributed by atoms with Crippen molar-refractivity contribution in [1.82, 2.24) is 4.90 Å². The standard InChI is InChI=1S/C20H21ClFNO2/c1-14(24)16-4-7-20(19(22)12-16)25-18-8-10-23(11-9-18)13-15-2-5-17(21)6-3-15/h2-7,12,18H,8-11,13H2,1H3. The average Bonchev–Trinajstić information content (AvgIpc) is 2.60. The number of ether oxygens (including phenoxy) is 1. The molecule has 2 aromatic rings. The minimum Gasteiger partial charge on any atom is -0.487 e. The molecule has 132 valence electrons. The van der Waals surface area contributed by atoms with E-state index in [1.165, 1.54) is 18.6 Å². The van der Waals surface area contributed by atoms with Crippen LogP contribution in [0.15, 0.2) is 42.5 Å². The first-order valence-electron chi connectivity index (χ1n) is 8.45. The maximum Gasteiger partial charge on any atom is 0.165 e. The molecular formula is C20H21ClFNO2. The summed E-state index contributed by atoms with van der Waals surface area (Å²) >= 11 is 5.91. The summed E-state index contributed by atoms with van der Waals surface area (Å²) in [6.07, 6.45) is 1.70. The van der Waals surface area contributed by atoms with Gasteiger partial charge in [0.25, 0.3) is 0 Å². The van der Waals surface area contributed by atoms with E-state index in [-0.39, 0.29) is 17.6 Å². The highest BCUT2D eigenvalue weighted by Gasteiger charge is 2.21. The van der Waals surface area contributed by atoms with Crippen molar-refractivity contribution in [3.63, 3.8) is 0 Å². The highest BCUT2D eigenvalue weighted by atomic mass is 35.5. The molecule has 0 atom stereocenters. The second kappa shape index (κ2) is 7.98. The molecule has 1 heterocycles. The molecule has 1 aliphatic heterocycles. The molecule has 0 amide bonds. The minimum atomic E-state index is -0.476. The summed E-state index contributed by atoms with van der Waals surface area (Å²) in [6, 6.07) is 12.3. The van der Waals surface area contributed by atoms with Crippen molar-refractivity contribution in [2.45, 2.75) is 32.4 Å². The molecule has 1 aliphatic rings. The van der Waals surface area contributed by atoms with Gasteiger partial charge in [-0.3, -0.25) is 9.69 Å². The Morgan fingerprint density at radius 2 is 1.88 bits per heavy atom. The lowest BCUT2D eigenvalue weighted by molar-refractivity contribution is 0.0934. The third-order valence-corrected chi connectivity index (χ3v) is 4.74. The Balaban J connectivity index is 1.52. The lowest BCUT2D eigenvalue weighted by atomic mass is 10.1. The number of benzene rings is 2. The van der Waals surface area contributed by atoms with Gasteiger partial charge in [-0.1, -0.05) is 23.7 Å². The lowest BCUT2D eigenvalue weighted by Crippen LogP contribution is -2.37. The molecule has 3 rings (SSSR count). The van der Waals surface area contributed by atoms with E-state index in [2.05, 4.69) is 4.90 Å². The third kappa shape index (κ3) is 4.80. The number of ketones is 1. The summed E-state index contributed by atoms with van der Waals surface area (Å²) in [4.78, 5) is 13.6. The number of Topliss-reactive ketones (excluding diaryl/α,β-unsaturated/α-hetero) is 1. The van der Waals surface area contributed by atoms with E-state index in [4.69, 9.17) is 16.3 Å². The summed E-state index contributed by atoms with van der Waals surface area (Å²) in [6.45, 7) is 4.11. The summed E-state index contributed by atoms with van der Waals surface area (Å²) in [5, 5.41) is 0.744. The van der Waals surface area contributed by atoms with E-state index in [0.29, 0.717) is 5.56 Å². The number of carbonyl (C=O) groups is 1. The van der Waals surface area contributed by atoms with Crippen LogP contribution in [0, 0.1) is 5.82 Å². The molecular weight excluding hydrogens is 341 g/mol. The maximum atomic E-state index is 14.1. The van der Waals surface area contributed by atoms with Gasteiger partial charge in [0.15, 0.2) is 17.3 Å². The van der Waals surface area contributed by atoms with Crippen LogP contribution in [-0.4, -0.2) is 29.9 Å². The smallest absolute Gasteiger partial charge is 0.165 e. The van der Waals surface area contributed by atoms with Crippen molar-refractivity contribution in [3.8, 4) is 5.75 Å². The van der Waals surface area contributed by atoms with Crippen molar-refractivity contribution < 1.29 is 13.9 Å². The molecule has 0 unspecified atom stereocenters. The molecule has 25 heavy (non-hydrogen) atoms. The molecule has 2 aromatic carbocycles. The van der Waals surface area contributed by atoms with Gasteiger partial charge < -0.3 is 4.74 Å². The van der Waals surface area contributed by atoms with Gasteiger partial charge in [0.1, 0.15) is 6.10 Å². The summed E-state index contributed by atoms with van der Waals surface area (Å²) in [7, 11) is 0. The minimum absolute atomic E-state index is 0.000791. The van der Waals surface area contributed by atoms with Crippen LogP contribution in [0.3, 0.4) is 0 Å². The predicted molar refractivity (Wildman–Crippen MR) is 96.8 cm³/mol. The van der Waals surface area contributed by atoms with Gasteiger partial charge in [-0.25, -0.2) is 4.39 Å². The molecule has 0 radical (unpaired) electrons. The van der Waals surface area contributed by atoms with Crippen LogP contribution in [0.2, 0.25) is 5.02 Å². The molecule has 1 saturated heterocycles. The van der Waals surface area contributed by atoms with Crippen molar-refractivity contribution >= 4 is 17.4 Å². The Kier molecular flexibility index (Phi) is 5.71. The first kappa shape index (κ1) is 17.9. The number of likely N-dealkylation sites (tertiary alicyclic amines) is 1. The number of halogens is 2. The number of nitrogens with zero attached hydrogens (tertiary/aromatic N) is 1. The van der Waals surface area contributed by atoms with E-state index in [0.717, 1.165) is 37.5 Å². The summed E-state index contributed by atoms with van der Waals surface area (Å²) < 4.78 is 19.9. The zero-order valence-corrected chi connectivity index (χ0v) is 14.9. The van der Waals surface area contributed by atoms with E-state index >= 15 is 0 Å². The fraction of sp³-hybridized carbons (Fsp3) is 0.350. The number of hydrogen-bond acceptors (Lipinski definition) is 3. The normalized spacial score (nSPS) is 16.0. The Bertz CT molecular complexity index is 740. The number of carbonyl (C=O) groups excluding carboxylic acids is 1. The monoisotopic (exact) mass is 361 g/mol. The fourth-order valence-electron chi connectivity index (χ4n) is 3.03. The van der Waals surface area contributed by atoms with E-state index < -0.39 is 5.82 Å². The van der Waals surface area contributed by atoms with Crippen LogP contribution >= 0.6 is 11.6 Å². The topological polar surface area (TPSA) is 29.5 Å².